The van der Waals surface area contributed by atoms with E-state index in [-0.39, 0.29) is 19.9 Å². The van der Waals surface area contributed by atoms with Crippen LogP contribution in [0.2, 0.25) is 0 Å². The van der Waals surface area contributed by atoms with Gasteiger partial charge in [0.25, 0.3) is 0 Å². The van der Waals surface area contributed by atoms with E-state index < -0.39 is 0 Å². The normalized spacial score (nSPS) is 32.5. The molecular formula is C6H13N5+2. The Hall–Kier alpha value is -1.13. The van der Waals surface area contributed by atoms with Crippen LogP contribution in [0.25, 0.3) is 0 Å². The highest BCUT2D eigenvalue weighted by Crippen LogP contribution is 2.11. The van der Waals surface area contributed by atoms with E-state index in [2.05, 4.69) is 15.2 Å². The van der Waals surface area contributed by atoms with Gasteiger partial charge in [-0.05, 0) is 21.4 Å². The first-order valence-corrected chi connectivity index (χ1v) is 3.23. The summed E-state index contributed by atoms with van der Waals surface area (Å²) < 4.78 is 3.63. The minimum atomic E-state index is 0. The fourth-order valence-corrected chi connectivity index (χ4v) is 1.08. The molecule has 0 aromatic carbocycles. The Kier molecular flexibility index (Phi) is 1.80. The van der Waals surface area contributed by atoms with E-state index in [9.17, 15) is 0 Å². The van der Waals surface area contributed by atoms with Crippen LogP contribution in [0.4, 0.5) is 0 Å². The highest BCUT2D eigenvalue weighted by atomic mass is 15.6. The molecule has 2 rings (SSSR count). The Balaban J connectivity index is 0.000000605. The Morgan fingerprint density at radius 1 is 1.36 bits per heavy atom. The van der Waals surface area contributed by atoms with Crippen molar-refractivity contribution in [3.8, 4) is 0 Å². The summed E-state index contributed by atoms with van der Waals surface area (Å²) in [6, 6.07) is 0. The Bertz CT molecular complexity index is 252. The third-order valence-corrected chi connectivity index (χ3v) is 1.54. The number of hydrogen-bond donors (Lipinski definition) is 0. The predicted octanol–water partition coefficient (Wildman–Crippen LogP) is 0.867. The Morgan fingerprint density at radius 3 is 2.55 bits per heavy atom. The molecule has 0 amide bonds. The molecule has 11 heavy (non-hydrogen) atoms. The first-order chi connectivity index (χ1) is 4.77. The molecule has 2 unspecified atom stereocenters. The number of azo groups is 4. The van der Waals surface area contributed by atoms with Crippen molar-refractivity contribution >= 4 is 6.34 Å². The lowest BCUT2D eigenvalue weighted by Gasteiger charge is -2.10. The van der Waals surface area contributed by atoms with E-state index in [1.54, 1.807) is 6.34 Å². The summed E-state index contributed by atoms with van der Waals surface area (Å²) in [5, 5.41) is 8.35. The zero-order valence-corrected chi connectivity index (χ0v) is 5.97. The number of hydrogen-bond acceptors (Lipinski definition) is 3. The quantitative estimate of drug-likeness (QED) is 0.466. The molecule has 0 saturated heterocycles. The number of fused-ring (bicyclic) bond motifs is 1. The Morgan fingerprint density at radius 2 is 2.09 bits per heavy atom. The molecule has 0 fully saturated rings. The van der Waals surface area contributed by atoms with Gasteiger partial charge in [-0.1, -0.05) is 12.5 Å². The molecule has 2 atom stereocenters. The lowest BCUT2D eigenvalue weighted by molar-refractivity contribution is -0.806. The summed E-state index contributed by atoms with van der Waals surface area (Å²) >= 11 is 0. The van der Waals surface area contributed by atoms with Gasteiger partial charge in [-0.25, -0.2) is 0 Å². The zero-order valence-electron chi connectivity index (χ0n) is 5.97. The molecule has 5 heteroatoms. The molecule has 2 aliphatic rings. The highest BCUT2D eigenvalue weighted by molar-refractivity contribution is 5.47. The number of aliphatic imine (C=N–C) groups is 1. The molecule has 2 aliphatic heterocycles. The summed E-state index contributed by atoms with van der Waals surface area (Å²) in [4.78, 5) is 4.05. The molecule has 0 radical (unpaired) electrons. The topological polar surface area (TPSA) is 43.1 Å². The second-order valence-corrected chi connectivity index (χ2v) is 2.43. The van der Waals surface area contributed by atoms with Crippen LogP contribution >= 0.6 is 0 Å². The van der Waals surface area contributed by atoms with Gasteiger partial charge in [0.2, 0.25) is 6.17 Å². The average Bonchev–Trinajstić information content (AvgIpc) is 1.77. The van der Waals surface area contributed by atoms with Crippen LogP contribution in [-0.4, -0.2) is 35.2 Å². The molecule has 60 valence electrons. The monoisotopic (exact) mass is 155 g/mol. The summed E-state index contributed by atoms with van der Waals surface area (Å²) in [6.45, 7) is 1.94. The van der Waals surface area contributed by atoms with Crippen molar-refractivity contribution in [2.75, 3.05) is 7.05 Å². The third-order valence-electron chi connectivity index (χ3n) is 1.54. The van der Waals surface area contributed by atoms with Crippen molar-refractivity contribution in [2.45, 2.75) is 26.8 Å². The van der Waals surface area contributed by atoms with Gasteiger partial charge in [-0.2, -0.15) is 0 Å². The van der Waals surface area contributed by atoms with Crippen LogP contribution in [0.5, 0.6) is 0 Å². The molecule has 0 aliphatic carbocycles. The van der Waals surface area contributed by atoms with Crippen LogP contribution in [0.15, 0.2) is 15.2 Å². The van der Waals surface area contributed by atoms with E-state index in [4.69, 9.17) is 0 Å². The predicted molar refractivity (Wildman–Crippen MR) is 39.8 cm³/mol. The van der Waals surface area contributed by atoms with Crippen LogP contribution in [0.3, 0.4) is 0 Å². The first-order valence-electron chi connectivity index (χ1n) is 3.23. The number of rotatable bonds is 0. The standard InChI is InChI=1S/C5H9N5.CH4/c1-4-7-9(2)5-6-3-10(5)8-4;/h3-5H,1-2H3;1H4/q+2;. The van der Waals surface area contributed by atoms with Crippen molar-refractivity contribution < 1.29 is 9.39 Å². The molecule has 0 aromatic heterocycles. The molecule has 2 heterocycles. The van der Waals surface area contributed by atoms with Gasteiger partial charge in [0.15, 0.2) is 7.05 Å². The first kappa shape index (κ1) is 7.97. The van der Waals surface area contributed by atoms with E-state index >= 15 is 0 Å². The second kappa shape index (κ2) is 2.48. The fourth-order valence-electron chi connectivity index (χ4n) is 1.08. The van der Waals surface area contributed by atoms with Crippen LogP contribution in [0.1, 0.15) is 14.4 Å². The summed E-state index contributed by atoms with van der Waals surface area (Å²) in [5.41, 5.74) is 0. The summed E-state index contributed by atoms with van der Waals surface area (Å²) in [6.07, 6.45) is 1.79. The molecule has 0 bridgehead atoms. The van der Waals surface area contributed by atoms with Gasteiger partial charge in [0.1, 0.15) is 0 Å². The van der Waals surface area contributed by atoms with E-state index in [0.717, 1.165) is 0 Å². The van der Waals surface area contributed by atoms with Crippen molar-refractivity contribution in [3.05, 3.63) is 0 Å². The van der Waals surface area contributed by atoms with E-state index in [1.165, 1.54) is 0 Å². The SMILES string of the molecule is C.CC1N=[N+](C)C2N=C[N+]2=N1. The van der Waals surface area contributed by atoms with Crippen LogP contribution in [0, 0.1) is 0 Å². The van der Waals surface area contributed by atoms with Crippen LogP contribution in [-0.2, 0) is 0 Å². The van der Waals surface area contributed by atoms with Crippen LogP contribution < -0.4 is 0 Å². The van der Waals surface area contributed by atoms with Crippen molar-refractivity contribution in [1.29, 1.82) is 0 Å². The van der Waals surface area contributed by atoms with Gasteiger partial charge >= 0.3 is 12.6 Å². The largest absolute Gasteiger partial charge is 0.518 e. The maximum absolute atomic E-state index is 4.18. The minimum absolute atomic E-state index is 0. The van der Waals surface area contributed by atoms with Crippen molar-refractivity contribution in [1.82, 2.24) is 0 Å². The number of nitrogens with zero attached hydrogens (tertiary/aromatic N) is 5. The van der Waals surface area contributed by atoms with Gasteiger partial charge in [-0.3, -0.25) is 0 Å². The molecular weight excluding hydrogens is 142 g/mol. The minimum Gasteiger partial charge on any atom is -0.0794 e. The third kappa shape index (κ3) is 1.06. The second-order valence-electron chi connectivity index (χ2n) is 2.43. The lowest BCUT2D eigenvalue weighted by Crippen LogP contribution is -2.43. The van der Waals surface area contributed by atoms with Gasteiger partial charge in [0, 0.05) is 4.99 Å². The maximum Gasteiger partial charge on any atom is 0.518 e. The van der Waals surface area contributed by atoms with Gasteiger partial charge < -0.3 is 0 Å². The molecule has 5 nitrogen and oxygen atoms in total. The highest BCUT2D eigenvalue weighted by Gasteiger charge is 2.44. The Labute approximate surface area is 65.8 Å². The maximum atomic E-state index is 4.18. The lowest BCUT2D eigenvalue weighted by atomic mass is 10.6. The summed E-state index contributed by atoms with van der Waals surface area (Å²) in [7, 11) is 1.90. The van der Waals surface area contributed by atoms with E-state index in [0.29, 0.717) is 0 Å². The van der Waals surface area contributed by atoms with Gasteiger partial charge in [0.05, 0.1) is 0 Å². The van der Waals surface area contributed by atoms with Crippen molar-refractivity contribution in [2.24, 2.45) is 15.2 Å². The van der Waals surface area contributed by atoms with E-state index in [1.807, 2.05) is 23.4 Å². The molecule has 0 aromatic rings. The fraction of sp³-hybridized carbons (Fsp3) is 0.833. The average molecular weight is 155 g/mol. The van der Waals surface area contributed by atoms with Crippen molar-refractivity contribution in [3.63, 3.8) is 0 Å². The summed E-state index contributed by atoms with van der Waals surface area (Å²) in [5.74, 6) is 0. The zero-order chi connectivity index (χ0) is 7.14. The van der Waals surface area contributed by atoms with Gasteiger partial charge in [-0.15, -0.1) is 0 Å². The molecule has 0 spiro atoms. The molecule has 0 N–H and O–H groups in total. The smallest absolute Gasteiger partial charge is 0.0794 e. The molecule has 0 saturated carbocycles.